The van der Waals surface area contributed by atoms with E-state index in [0.717, 1.165) is 25.7 Å². The highest BCUT2D eigenvalue weighted by atomic mass is 15.2. The fourth-order valence-electron chi connectivity index (χ4n) is 11.2. The van der Waals surface area contributed by atoms with Crippen LogP contribution in [-0.4, -0.2) is 0 Å². The van der Waals surface area contributed by atoms with E-state index in [2.05, 4.69) is 220 Å². The number of hydrogen-bond donors (Lipinski definition) is 0. The molecule has 60 heavy (non-hydrogen) atoms. The van der Waals surface area contributed by atoms with Crippen LogP contribution in [0.3, 0.4) is 0 Å². The van der Waals surface area contributed by atoms with Crippen molar-refractivity contribution in [2.24, 2.45) is 0 Å². The highest BCUT2D eigenvalue weighted by Gasteiger charge is 2.48. The maximum Gasteiger partial charge on any atom is 0.0679 e. The highest BCUT2D eigenvalue weighted by Crippen LogP contribution is 2.61. The molecule has 0 N–H and O–H groups in total. The third kappa shape index (κ3) is 5.45. The molecule has 4 aliphatic carbocycles. The molecule has 0 saturated heterocycles. The molecule has 4 aliphatic rings. The first-order valence-corrected chi connectivity index (χ1v) is 21.7. The SMILES string of the molecule is Cc1ccccc1C1(C2=CC=CCC2)c2ccccc2-c2c(-c3ccccc3N(C3=CC=C(c4ccccc4)CC3)c3ccc4c(c3)C(C)(C)c3ccccc3-4)cccc21. The Morgan fingerprint density at radius 2 is 1.15 bits per heavy atom. The van der Waals surface area contributed by atoms with Gasteiger partial charge in [-0.2, -0.15) is 0 Å². The van der Waals surface area contributed by atoms with Crippen LogP contribution in [0.15, 0.2) is 205 Å². The zero-order chi connectivity index (χ0) is 40.4. The van der Waals surface area contributed by atoms with Crippen LogP contribution >= 0.6 is 0 Å². The molecule has 7 aromatic carbocycles. The second-order valence-corrected chi connectivity index (χ2v) is 17.5. The zero-order valence-electron chi connectivity index (χ0n) is 34.8. The molecule has 1 heteroatoms. The Morgan fingerprint density at radius 3 is 1.92 bits per heavy atom. The number of anilines is 2. The third-order valence-electron chi connectivity index (χ3n) is 13.9. The predicted octanol–water partition coefficient (Wildman–Crippen LogP) is 15.5. The van der Waals surface area contributed by atoms with E-state index in [0.29, 0.717) is 0 Å². The smallest absolute Gasteiger partial charge is 0.0679 e. The van der Waals surface area contributed by atoms with Crippen molar-refractivity contribution < 1.29 is 0 Å². The molecule has 0 spiro atoms. The van der Waals surface area contributed by atoms with E-state index in [1.54, 1.807) is 0 Å². The largest absolute Gasteiger partial charge is 0.314 e. The van der Waals surface area contributed by atoms with Crippen LogP contribution < -0.4 is 4.90 Å². The van der Waals surface area contributed by atoms with Crippen molar-refractivity contribution in [2.75, 3.05) is 4.90 Å². The Morgan fingerprint density at radius 1 is 0.483 bits per heavy atom. The quantitative estimate of drug-likeness (QED) is 0.156. The summed E-state index contributed by atoms with van der Waals surface area (Å²) in [6.45, 7) is 7.06. The summed E-state index contributed by atoms with van der Waals surface area (Å²) in [4.78, 5) is 2.58. The lowest BCUT2D eigenvalue weighted by Crippen LogP contribution is -2.31. The molecule has 7 aromatic rings. The molecule has 1 atom stereocenters. The number of fused-ring (bicyclic) bond motifs is 6. The van der Waals surface area contributed by atoms with E-state index in [1.807, 2.05) is 0 Å². The average molecular weight is 772 g/mol. The molecule has 0 aromatic heterocycles. The lowest BCUT2D eigenvalue weighted by Gasteiger charge is -2.38. The van der Waals surface area contributed by atoms with E-state index >= 15 is 0 Å². The van der Waals surface area contributed by atoms with Gasteiger partial charge in [0.15, 0.2) is 0 Å². The van der Waals surface area contributed by atoms with E-state index < -0.39 is 5.41 Å². The summed E-state index contributed by atoms with van der Waals surface area (Å²) in [5.41, 5.74) is 23.5. The lowest BCUT2D eigenvalue weighted by atomic mass is 9.64. The van der Waals surface area contributed by atoms with Crippen molar-refractivity contribution in [1.29, 1.82) is 0 Å². The molecule has 0 fully saturated rings. The van der Waals surface area contributed by atoms with Crippen LogP contribution in [0.1, 0.15) is 78.5 Å². The second-order valence-electron chi connectivity index (χ2n) is 17.5. The number of benzene rings is 7. The molecule has 0 aliphatic heterocycles. The highest BCUT2D eigenvalue weighted by molar-refractivity contribution is 5.99. The fraction of sp³-hybridized carbons (Fsp3) is 0.153. The minimum absolute atomic E-state index is 0.111. The van der Waals surface area contributed by atoms with Crippen LogP contribution in [0.4, 0.5) is 11.4 Å². The van der Waals surface area contributed by atoms with Gasteiger partial charge in [0.2, 0.25) is 0 Å². The molecule has 1 nitrogen and oxygen atoms in total. The number of rotatable bonds is 7. The summed E-state index contributed by atoms with van der Waals surface area (Å²) in [5.74, 6) is 0. The molecule has 0 amide bonds. The lowest BCUT2D eigenvalue weighted by molar-refractivity contribution is 0.660. The minimum Gasteiger partial charge on any atom is -0.314 e. The van der Waals surface area contributed by atoms with Gasteiger partial charge in [-0.3, -0.25) is 0 Å². The summed E-state index contributed by atoms with van der Waals surface area (Å²) >= 11 is 0. The van der Waals surface area contributed by atoms with Crippen LogP contribution in [0.2, 0.25) is 0 Å². The normalized spacial score (nSPS) is 18.1. The van der Waals surface area contributed by atoms with Gasteiger partial charge in [-0.05, 0) is 129 Å². The topological polar surface area (TPSA) is 3.24 Å². The summed E-state index contributed by atoms with van der Waals surface area (Å²) < 4.78 is 0. The molecular formula is C59H49N. The third-order valence-corrected chi connectivity index (χ3v) is 13.9. The van der Waals surface area contributed by atoms with Gasteiger partial charge < -0.3 is 4.90 Å². The average Bonchev–Trinajstić information content (AvgIpc) is 3.73. The molecule has 0 bridgehead atoms. The number of aryl methyl sites for hydroxylation is 1. The number of allylic oxidation sites excluding steroid dienone is 8. The van der Waals surface area contributed by atoms with Crippen molar-refractivity contribution in [3.63, 3.8) is 0 Å². The van der Waals surface area contributed by atoms with Gasteiger partial charge in [0.1, 0.15) is 0 Å². The summed E-state index contributed by atoms with van der Waals surface area (Å²) in [6.07, 6.45) is 15.7. The number of para-hydroxylation sites is 1. The van der Waals surface area contributed by atoms with Crippen molar-refractivity contribution in [3.05, 3.63) is 244 Å². The van der Waals surface area contributed by atoms with Gasteiger partial charge in [0, 0.05) is 22.4 Å². The van der Waals surface area contributed by atoms with Gasteiger partial charge in [0.05, 0.1) is 11.1 Å². The standard InChI is InChI=1S/C59H49N/c1-40-19-10-14-28-51(40)59(43-22-8-5-9-23-43)53-30-16-12-26-50(53)57-49(27-18-31-54(57)59)48-25-13-17-32-56(48)60(44-35-33-42(34-36-44)41-20-6-4-7-21-41)45-37-38-47-46-24-11-15-29-52(46)58(2,3)55(47)39-45/h4-8,10-22,24-33,35,37-39H,9,23,34,36H2,1-3H3. The van der Waals surface area contributed by atoms with E-state index in [9.17, 15) is 0 Å². The molecule has 0 saturated carbocycles. The van der Waals surface area contributed by atoms with Gasteiger partial charge in [-0.15, -0.1) is 0 Å². The molecule has 11 rings (SSSR count). The van der Waals surface area contributed by atoms with Gasteiger partial charge in [-0.1, -0.05) is 189 Å². The Bertz CT molecular complexity index is 2970. The van der Waals surface area contributed by atoms with Crippen molar-refractivity contribution in [2.45, 2.75) is 57.3 Å². The summed E-state index contributed by atoms with van der Waals surface area (Å²) in [7, 11) is 0. The van der Waals surface area contributed by atoms with Crippen LogP contribution in [-0.2, 0) is 10.8 Å². The first-order valence-electron chi connectivity index (χ1n) is 21.7. The first kappa shape index (κ1) is 36.4. The zero-order valence-corrected chi connectivity index (χ0v) is 34.8. The summed E-state index contributed by atoms with van der Waals surface area (Å²) in [6, 6.07) is 61.7. The van der Waals surface area contributed by atoms with Crippen LogP contribution in [0.25, 0.3) is 39.0 Å². The van der Waals surface area contributed by atoms with E-state index in [1.165, 1.54) is 101 Å². The minimum atomic E-state index is -0.391. The molecule has 0 heterocycles. The van der Waals surface area contributed by atoms with Gasteiger partial charge >= 0.3 is 0 Å². The maximum atomic E-state index is 2.58. The number of nitrogens with zero attached hydrogens (tertiary/aromatic N) is 1. The summed E-state index contributed by atoms with van der Waals surface area (Å²) in [5, 5.41) is 0. The molecular weight excluding hydrogens is 723 g/mol. The fourth-order valence-corrected chi connectivity index (χ4v) is 11.2. The van der Waals surface area contributed by atoms with Crippen LogP contribution in [0.5, 0.6) is 0 Å². The Kier molecular flexibility index (Phi) is 8.64. The van der Waals surface area contributed by atoms with Crippen molar-refractivity contribution in [1.82, 2.24) is 0 Å². The van der Waals surface area contributed by atoms with Crippen molar-refractivity contribution >= 4 is 16.9 Å². The van der Waals surface area contributed by atoms with Gasteiger partial charge in [0.25, 0.3) is 0 Å². The molecule has 1 unspecified atom stereocenters. The second kappa shape index (κ2) is 14.2. The predicted molar refractivity (Wildman–Crippen MR) is 253 cm³/mol. The van der Waals surface area contributed by atoms with Crippen molar-refractivity contribution in [3.8, 4) is 33.4 Å². The first-order chi connectivity index (χ1) is 29.5. The Hall–Kier alpha value is -6.70. The van der Waals surface area contributed by atoms with Gasteiger partial charge in [-0.25, -0.2) is 0 Å². The molecule has 290 valence electrons. The monoisotopic (exact) mass is 771 g/mol. The molecule has 0 radical (unpaired) electrons. The Balaban J connectivity index is 1.15. The van der Waals surface area contributed by atoms with E-state index in [-0.39, 0.29) is 5.41 Å². The number of hydrogen-bond acceptors (Lipinski definition) is 1. The Labute approximate surface area is 355 Å². The van der Waals surface area contributed by atoms with Crippen LogP contribution in [0, 0.1) is 6.92 Å². The maximum absolute atomic E-state index is 2.58. The van der Waals surface area contributed by atoms with E-state index in [4.69, 9.17) is 0 Å².